The zero-order chi connectivity index (χ0) is 20.9. The zero-order valence-corrected chi connectivity index (χ0v) is 17.7. The molecule has 0 atom stereocenters. The number of hydrogen-bond donors (Lipinski definition) is 1. The van der Waals surface area contributed by atoms with Crippen LogP contribution in [0.15, 0.2) is 35.4 Å². The molecule has 0 unspecified atom stereocenters. The van der Waals surface area contributed by atoms with Crippen LogP contribution in [0.1, 0.15) is 60.3 Å². The topological polar surface area (TPSA) is 93.9 Å². The second-order valence-corrected chi connectivity index (χ2v) is 10.0. The number of anilines is 1. The van der Waals surface area contributed by atoms with E-state index in [1.165, 1.54) is 6.07 Å². The highest BCUT2D eigenvalue weighted by molar-refractivity contribution is 7.90. The molecule has 2 heterocycles. The van der Waals surface area contributed by atoms with Crippen LogP contribution in [0.2, 0.25) is 0 Å². The SMILES string of the molecule is Cc1ccc(S(C)(=O)=O)cc1NC(=O)c1cc(C2CC2)nc2c1cnn2C(C)C. The van der Waals surface area contributed by atoms with Crippen molar-refractivity contribution < 1.29 is 13.2 Å². The molecule has 1 saturated carbocycles. The van der Waals surface area contributed by atoms with E-state index >= 15 is 0 Å². The average molecular weight is 413 g/mol. The van der Waals surface area contributed by atoms with Crippen LogP contribution in [0.5, 0.6) is 0 Å². The Hall–Kier alpha value is -2.74. The summed E-state index contributed by atoms with van der Waals surface area (Å²) >= 11 is 0. The van der Waals surface area contributed by atoms with Gasteiger partial charge in [0.15, 0.2) is 15.5 Å². The first kappa shape index (κ1) is 19.6. The molecule has 0 aliphatic heterocycles. The van der Waals surface area contributed by atoms with Crippen molar-refractivity contribution in [2.75, 3.05) is 11.6 Å². The first-order valence-electron chi connectivity index (χ1n) is 9.65. The number of nitrogens with one attached hydrogen (secondary N) is 1. The van der Waals surface area contributed by atoms with Gasteiger partial charge in [-0.25, -0.2) is 18.1 Å². The number of nitrogens with zero attached hydrogens (tertiary/aromatic N) is 3. The molecule has 0 bridgehead atoms. The van der Waals surface area contributed by atoms with Crippen LogP contribution in [-0.2, 0) is 9.84 Å². The first-order valence-corrected chi connectivity index (χ1v) is 11.5. The van der Waals surface area contributed by atoms with E-state index in [0.717, 1.165) is 30.4 Å². The molecule has 29 heavy (non-hydrogen) atoms. The molecule has 0 spiro atoms. The molecule has 1 aliphatic rings. The molecular formula is C21H24N4O3S. The highest BCUT2D eigenvalue weighted by atomic mass is 32.2. The third-order valence-electron chi connectivity index (χ3n) is 5.20. The number of rotatable bonds is 5. The Labute approximate surface area is 170 Å². The summed E-state index contributed by atoms with van der Waals surface area (Å²) in [5.41, 5.74) is 3.39. The standard InChI is InChI=1S/C21H24N4O3S/c1-12(2)25-20-17(11-22-25)16(10-19(23-20)14-6-7-14)21(26)24-18-9-15(29(4,27)28)8-5-13(18)3/h5,8-12,14H,6-7H2,1-4H3,(H,24,26). The number of sulfone groups is 1. The second kappa shape index (κ2) is 6.95. The van der Waals surface area contributed by atoms with Gasteiger partial charge in [-0.2, -0.15) is 5.10 Å². The minimum absolute atomic E-state index is 0.124. The lowest BCUT2D eigenvalue weighted by molar-refractivity contribution is 0.102. The van der Waals surface area contributed by atoms with E-state index in [1.807, 2.05) is 31.5 Å². The Bertz CT molecular complexity index is 1220. The normalized spacial score (nSPS) is 14.5. The van der Waals surface area contributed by atoms with Gasteiger partial charge < -0.3 is 5.32 Å². The Kier molecular flexibility index (Phi) is 4.69. The van der Waals surface area contributed by atoms with Gasteiger partial charge in [-0.05, 0) is 57.4 Å². The second-order valence-electron chi connectivity index (χ2n) is 7.99. The number of carbonyl (C=O) groups excluding carboxylic acids is 1. The summed E-state index contributed by atoms with van der Waals surface area (Å²) in [6.45, 7) is 5.88. The Morgan fingerprint density at radius 1 is 1.24 bits per heavy atom. The Balaban J connectivity index is 1.78. The maximum Gasteiger partial charge on any atom is 0.256 e. The lowest BCUT2D eigenvalue weighted by Gasteiger charge is -2.12. The molecule has 1 aromatic carbocycles. The van der Waals surface area contributed by atoms with E-state index in [-0.39, 0.29) is 16.8 Å². The van der Waals surface area contributed by atoms with E-state index in [4.69, 9.17) is 4.98 Å². The first-order chi connectivity index (χ1) is 13.6. The molecule has 152 valence electrons. The van der Waals surface area contributed by atoms with Crippen molar-refractivity contribution >= 4 is 32.5 Å². The lowest BCUT2D eigenvalue weighted by atomic mass is 10.1. The Morgan fingerprint density at radius 3 is 2.59 bits per heavy atom. The van der Waals surface area contributed by atoms with Gasteiger partial charge in [-0.1, -0.05) is 6.07 Å². The summed E-state index contributed by atoms with van der Waals surface area (Å²) in [7, 11) is -3.37. The number of aryl methyl sites for hydroxylation is 1. The summed E-state index contributed by atoms with van der Waals surface area (Å²) in [5.74, 6) is 0.0908. The van der Waals surface area contributed by atoms with Crippen LogP contribution in [0, 0.1) is 6.92 Å². The smallest absolute Gasteiger partial charge is 0.256 e. The number of hydrogen-bond acceptors (Lipinski definition) is 5. The highest BCUT2D eigenvalue weighted by Crippen LogP contribution is 2.40. The predicted molar refractivity (Wildman–Crippen MR) is 112 cm³/mol. The summed E-state index contributed by atoms with van der Waals surface area (Å²) in [6.07, 6.45) is 4.97. The van der Waals surface area contributed by atoms with E-state index in [0.29, 0.717) is 28.2 Å². The van der Waals surface area contributed by atoms with Gasteiger partial charge in [0.25, 0.3) is 5.91 Å². The van der Waals surface area contributed by atoms with Gasteiger partial charge in [0, 0.05) is 29.6 Å². The van der Waals surface area contributed by atoms with Crippen LogP contribution in [0.3, 0.4) is 0 Å². The van der Waals surface area contributed by atoms with E-state index < -0.39 is 9.84 Å². The number of pyridine rings is 1. The molecule has 1 N–H and O–H groups in total. The van der Waals surface area contributed by atoms with Crippen molar-refractivity contribution in [3.63, 3.8) is 0 Å². The summed E-state index contributed by atoms with van der Waals surface area (Å²) in [4.78, 5) is 18.1. The largest absolute Gasteiger partial charge is 0.322 e. The van der Waals surface area contributed by atoms with Crippen LogP contribution < -0.4 is 5.32 Å². The van der Waals surface area contributed by atoms with Crippen molar-refractivity contribution in [2.45, 2.75) is 50.5 Å². The number of fused-ring (bicyclic) bond motifs is 1. The summed E-state index contributed by atoms with van der Waals surface area (Å²) < 4.78 is 25.6. The lowest BCUT2D eigenvalue weighted by Crippen LogP contribution is -2.15. The molecule has 1 fully saturated rings. The molecule has 0 radical (unpaired) electrons. The molecule has 1 amide bonds. The molecule has 3 aromatic rings. The monoisotopic (exact) mass is 412 g/mol. The molecule has 4 rings (SSSR count). The molecule has 2 aromatic heterocycles. The molecule has 0 saturated heterocycles. The fourth-order valence-corrected chi connectivity index (χ4v) is 3.99. The minimum Gasteiger partial charge on any atom is -0.322 e. The highest BCUT2D eigenvalue weighted by Gasteiger charge is 2.28. The quantitative estimate of drug-likeness (QED) is 0.687. The van der Waals surface area contributed by atoms with E-state index in [9.17, 15) is 13.2 Å². The number of benzene rings is 1. The third kappa shape index (κ3) is 3.76. The molecule has 1 aliphatic carbocycles. The maximum atomic E-state index is 13.2. The Morgan fingerprint density at radius 2 is 1.97 bits per heavy atom. The zero-order valence-electron chi connectivity index (χ0n) is 16.9. The average Bonchev–Trinajstić information content (AvgIpc) is 3.40. The van der Waals surface area contributed by atoms with Crippen molar-refractivity contribution in [1.82, 2.24) is 14.8 Å². The molecule has 7 nitrogen and oxygen atoms in total. The predicted octanol–water partition coefficient (Wildman–Crippen LogP) is 3.85. The maximum absolute atomic E-state index is 13.2. The fraction of sp³-hybridized carbons (Fsp3) is 0.381. The van der Waals surface area contributed by atoms with Gasteiger partial charge in [0.2, 0.25) is 0 Å². The van der Waals surface area contributed by atoms with Crippen molar-refractivity contribution in [2.24, 2.45) is 0 Å². The number of amides is 1. The third-order valence-corrected chi connectivity index (χ3v) is 6.31. The number of aromatic nitrogens is 3. The van der Waals surface area contributed by atoms with Gasteiger partial charge in [0.1, 0.15) is 0 Å². The van der Waals surface area contributed by atoms with Gasteiger partial charge in [0.05, 0.1) is 22.0 Å². The van der Waals surface area contributed by atoms with Crippen molar-refractivity contribution in [3.8, 4) is 0 Å². The van der Waals surface area contributed by atoms with Crippen molar-refractivity contribution in [3.05, 3.63) is 47.3 Å². The van der Waals surface area contributed by atoms with Gasteiger partial charge >= 0.3 is 0 Å². The van der Waals surface area contributed by atoms with Crippen LogP contribution >= 0.6 is 0 Å². The number of carbonyl (C=O) groups is 1. The van der Waals surface area contributed by atoms with Crippen LogP contribution in [0.4, 0.5) is 5.69 Å². The fourth-order valence-electron chi connectivity index (χ4n) is 3.35. The summed E-state index contributed by atoms with van der Waals surface area (Å²) in [5, 5.41) is 8.00. The van der Waals surface area contributed by atoms with Gasteiger partial charge in [-0.3, -0.25) is 4.79 Å². The molecular weight excluding hydrogens is 388 g/mol. The van der Waals surface area contributed by atoms with Crippen LogP contribution in [-0.4, -0.2) is 35.3 Å². The minimum atomic E-state index is -3.37. The molecule has 8 heteroatoms. The van der Waals surface area contributed by atoms with Crippen molar-refractivity contribution in [1.29, 1.82) is 0 Å². The van der Waals surface area contributed by atoms with Gasteiger partial charge in [-0.15, -0.1) is 0 Å². The summed E-state index contributed by atoms with van der Waals surface area (Å²) in [6, 6.07) is 6.71. The van der Waals surface area contributed by atoms with E-state index in [1.54, 1.807) is 18.3 Å². The van der Waals surface area contributed by atoms with E-state index in [2.05, 4.69) is 10.4 Å². The van der Waals surface area contributed by atoms with Crippen LogP contribution in [0.25, 0.3) is 11.0 Å².